The van der Waals surface area contributed by atoms with Crippen LogP contribution in [0.2, 0.25) is 0 Å². The summed E-state index contributed by atoms with van der Waals surface area (Å²) in [7, 11) is 0. The van der Waals surface area contributed by atoms with Crippen molar-refractivity contribution in [3.8, 4) is 0 Å². The highest BCUT2D eigenvalue weighted by molar-refractivity contribution is 7.10. The van der Waals surface area contributed by atoms with E-state index < -0.39 is 0 Å². The second-order valence-electron chi connectivity index (χ2n) is 5.34. The third-order valence-corrected chi connectivity index (χ3v) is 5.01. The van der Waals surface area contributed by atoms with E-state index in [9.17, 15) is 4.79 Å². The number of hydrogen-bond acceptors (Lipinski definition) is 4. The van der Waals surface area contributed by atoms with Crippen molar-refractivity contribution < 1.29 is 4.79 Å². The van der Waals surface area contributed by atoms with E-state index in [-0.39, 0.29) is 11.7 Å². The van der Waals surface area contributed by atoms with Crippen LogP contribution in [0.5, 0.6) is 0 Å². The van der Waals surface area contributed by atoms with Crippen LogP contribution in [0, 0.1) is 0 Å². The molecule has 21 heavy (non-hydrogen) atoms. The number of Topliss-reactive ketones (excluding diaryl/α,β-unsaturated/α-hetero) is 1. The third kappa shape index (κ3) is 2.21. The smallest absolute Gasteiger partial charge is 0.166 e. The molecule has 0 fully saturated rings. The molecule has 1 aliphatic heterocycles. The maximum Gasteiger partial charge on any atom is 0.166 e. The summed E-state index contributed by atoms with van der Waals surface area (Å²) >= 11 is 1.73. The summed E-state index contributed by atoms with van der Waals surface area (Å²) in [6, 6.07) is 12.1. The van der Waals surface area contributed by atoms with Crippen molar-refractivity contribution in [1.29, 1.82) is 0 Å². The Balaban J connectivity index is 1.72. The van der Waals surface area contributed by atoms with Gasteiger partial charge in [-0.3, -0.25) is 9.79 Å². The Morgan fingerprint density at radius 2 is 2.05 bits per heavy atom. The van der Waals surface area contributed by atoms with Crippen LogP contribution >= 0.6 is 11.3 Å². The number of rotatable bonds is 1. The number of ketones is 1. The maximum atomic E-state index is 12.5. The van der Waals surface area contributed by atoms with Gasteiger partial charge >= 0.3 is 0 Å². The fraction of sp³-hybridized carbons (Fsp3) is 0.176. The largest absolute Gasteiger partial charge is 0.356 e. The molecule has 4 heteroatoms. The van der Waals surface area contributed by atoms with Gasteiger partial charge in [-0.2, -0.15) is 0 Å². The van der Waals surface area contributed by atoms with Gasteiger partial charge in [-0.05, 0) is 30.0 Å². The van der Waals surface area contributed by atoms with Gasteiger partial charge in [0.15, 0.2) is 5.78 Å². The minimum Gasteiger partial charge on any atom is -0.356 e. The molecule has 1 N–H and O–H groups in total. The van der Waals surface area contributed by atoms with Gasteiger partial charge in [-0.1, -0.05) is 18.2 Å². The summed E-state index contributed by atoms with van der Waals surface area (Å²) in [5, 5.41) is 5.49. The number of fused-ring (bicyclic) bond motifs is 1. The number of allylic oxidation sites excluding steroid dienone is 2. The molecule has 2 heterocycles. The van der Waals surface area contributed by atoms with Gasteiger partial charge in [-0.25, -0.2) is 0 Å². The van der Waals surface area contributed by atoms with Crippen LogP contribution in [0.25, 0.3) is 0 Å². The number of hydrogen-bond donors (Lipinski definition) is 1. The predicted molar refractivity (Wildman–Crippen MR) is 86.5 cm³/mol. The minimum absolute atomic E-state index is 0.179. The van der Waals surface area contributed by atoms with Gasteiger partial charge in [0.2, 0.25) is 0 Å². The Labute approximate surface area is 127 Å². The zero-order valence-corrected chi connectivity index (χ0v) is 12.2. The molecule has 0 saturated heterocycles. The van der Waals surface area contributed by atoms with Crippen LogP contribution in [0.1, 0.15) is 23.6 Å². The van der Waals surface area contributed by atoms with Crippen molar-refractivity contribution in [3.05, 3.63) is 57.9 Å². The summed E-state index contributed by atoms with van der Waals surface area (Å²) in [4.78, 5) is 18.2. The number of aliphatic imine (C=N–C) groups is 1. The molecule has 1 aliphatic carbocycles. The molecule has 1 aromatic heterocycles. The van der Waals surface area contributed by atoms with Crippen LogP contribution in [-0.4, -0.2) is 12.0 Å². The lowest BCUT2D eigenvalue weighted by Gasteiger charge is -2.24. The molecule has 1 atom stereocenters. The van der Waals surface area contributed by atoms with E-state index in [1.54, 1.807) is 17.6 Å². The highest BCUT2D eigenvalue weighted by Gasteiger charge is 2.29. The molecule has 4 rings (SSSR count). The second-order valence-corrected chi connectivity index (χ2v) is 6.32. The van der Waals surface area contributed by atoms with Crippen molar-refractivity contribution in [2.24, 2.45) is 4.99 Å². The van der Waals surface area contributed by atoms with E-state index in [4.69, 9.17) is 0 Å². The Bertz CT molecular complexity index is 759. The van der Waals surface area contributed by atoms with Crippen LogP contribution < -0.4 is 5.32 Å². The van der Waals surface area contributed by atoms with Gasteiger partial charge < -0.3 is 5.32 Å². The van der Waals surface area contributed by atoms with Crippen molar-refractivity contribution in [2.75, 3.05) is 5.32 Å². The Hall–Kier alpha value is -2.20. The summed E-state index contributed by atoms with van der Waals surface area (Å²) in [6.45, 7) is 0. The number of carbonyl (C=O) groups is 1. The van der Waals surface area contributed by atoms with Gasteiger partial charge in [0.1, 0.15) is 0 Å². The number of carbonyl (C=O) groups excluding carboxylic acids is 1. The van der Waals surface area contributed by atoms with Crippen molar-refractivity contribution in [3.63, 3.8) is 0 Å². The van der Waals surface area contributed by atoms with E-state index in [1.165, 1.54) is 4.88 Å². The standard InChI is InChI=1S/C17H14N2OS/c20-16-9-11(17-6-3-7-21-17)8-15-12(16)10-18-13-4-1-2-5-14(13)19-15/h1-7,10-11,19H,8-9H2. The molecule has 2 aromatic rings. The molecule has 0 spiro atoms. The highest BCUT2D eigenvalue weighted by atomic mass is 32.1. The van der Waals surface area contributed by atoms with Crippen molar-refractivity contribution in [2.45, 2.75) is 18.8 Å². The molecule has 0 radical (unpaired) electrons. The SMILES string of the molecule is O=C1CC(c2cccs2)CC2=C1C=Nc1ccccc1N2. The number of anilines is 1. The maximum absolute atomic E-state index is 12.5. The van der Waals surface area contributed by atoms with E-state index >= 15 is 0 Å². The predicted octanol–water partition coefficient (Wildman–Crippen LogP) is 4.28. The first-order chi connectivity index (χ1) is 10.3. The molecular weight excluding hydrogens is 280 g/mol. The molecule has 1 unspecified atom stereocenters. The minimum atomic E-state index is 0.179. The quantitative estimate of drug-likeness (QED) is 0.853. The summed E-state index contributed by atoms with van der Waals surface area (Å²) < 4.78 is 0. The van der Waals surface area contributed by atoms with Gasteiger partial charge in [0, 0.05) is 29.1 Å². The Morgan fingerprint density at radius 1 is 1.14 bits per heavy atom. The number of para-hydroxylation sites is 2. The van der Waals surface area contributed by atoms with Gasteiger partial charge in [0.05, 0.1) is 16.9 Å². The van der Waals surface area contributed by atoms with Crippen molar-refractivity contribution >= 4 is 34.7 Å². The molecule has 0 saturated carbocycles. The highest BCUT2D eigenvalue weighted by Crippen LogP contribution is 2.39. The third-order valence-electron chi connectivity index (χ3n) is 3.98. The number of nitrogens with one attached hydrogen (secondary N) is 1. The Morgan fingerprint density at radius 3 is 2.90 bits per heavy atom. The summed E-state index contributed by atoms with van der Waals surface area (Å²) in [5.41, 5.74) is 3.59. The van der Waals surface area contributed by atoms with Crippen LogP contribution in [0.15, 0.2) is 58.0 Å². The lowest BCUT2D eigenvalue weighted by atomic mass is 9.85. The lowest BCUT2D eigenvalue weighted by molar-refractivity contribution is -0.115. The Kier molecular flexibility index (Phi) is 2.97. The topological polar surface area (TPSA) is 41.5 Å². The lowest BCUT2D eigenvalue weighted by Crippen LogP contribution is -2.21. The number of thiophene rings is 1. The fourth-order valence-corrected chi connectivity index (χ4v) is 3.74. The normalized spacial score (nSPS) is 20.6. The molecule has 3 nitrogen and oxygen atoms in total. The zero-order valence-electron chi connectivity index (χ0n) is 11.4. The van der Waals surface area contributed by atoms with Crippen LogP contribution in [-0.2, 0) is 4.79 Å². The average molecular weight is 294 g/mol. The summed E-state index contributed by atoms with van der Waals surface area (Å²) in [6.07, 6.45) is 3.16. The zero-order chi connectivity index (χ0) is 14.2. The molecule has 104 valence electrons. The molecule has 2 aliphatic rings. The van der Waals surface area contributed by atoms with E-state index in [0.29, 0.717) is 6.42 Å². The van der Waals surface area contributed by atoms with Crippen LogP contribution in [0.3, 0.4) is 0 Å². The van der Waals surface area contributed by atoms with E-state index in [2.05, 4.69) is 21.8 Å². The van der Waals surface area contributed by atoms with E-state index in [0.717, 1.165) is 29.1 Å². The first-order valence-corrected chi connectivity index (χ1v) is 7.89. The second kappa shape index (κ2) is 4.97. The van der Waals surface area contributed by atoms with Gasteiger partial charge in [-0.15, -0.1) is 11.3 Å². The summed E-state index contributed by atoms with van der Waals surface area (Å²) in [5.74, 6) is 0.459. The molecular formula is C17H14N2OS. The monoisotopic (exact) mass is 294 g/mol. The molecule has 0 amide bonds. The first-order valence-electron chi connectivity index (χ1n) is 7.01. The molecule has 1 aromatic carbocycles. The fourth-order valence-electron chi connectivity index (χ4n) is 2.91. The van der Waals surface area contributed by atoms with Crippen molar-refractivity contribution in [1.82, 2.24) is 0 Å². The van der Waals surface area contributed by atoms with Gasteiger partial charge in [0.25, 0.3) is 0 Å². The molecule has 0 bridgehead atoms. The number of benzene rings is 1. The van der Waals surface area contributed by atoms with Crippen LogP contribution in [0.4, 0.5) is 11.4 Å². The van der Waals surface area contributed by atoms with E-state index in [1.807, 2.05) is 30.3 Å². The number of nitrogens with zero attached hydrogens (tertiary/aromatic N) is 1. The first kappa shape index (κ1) is 12.5. The average Bonchev–Trinajstić information content (AvgIpc) is 2.95.